The smallest absolute Gasteiger partial charge is 0.221 e. The van der Waals surface area contributed by atoms with Crippen LogP contribution in [0.15, 0.2) is 48.5 Å². The van der Waals surface area contributed by atoms with Crippen molar-refractivity contribution >= 4 is 45.0 Å². The first-order chi connectivity index (χ1) is 15.0. The number of nitrogens with zero attached hydrogens (tertiary/aromatic N) is 1. The average Bonchev–Trinajstić information content (AvgIpc) is 3.14. The van der Waals surface area contributed by atoms with Crippen molar-refractivity contribution in [1.82, 2.24) is 4.98 Å². The van der Waals surface area contributed by atoms with Gasteiger partial charge in [0.1, 0.15) is 5.75 Å². The van der Waals surface area contributed by atoms with E-state index in [2.05, 4.69) is 34.1 Å². The number of amides is 1. The molecular weight excluding hydrogens is 414 g/mol. The number of fused-ring (bicyclic) bond motifs is 3. The summed E-state index contributed by atoms with van der Waals surface area (Å²) in [6.45, 7) is 3.19. The number of hydrogen-bond acceptors (Lipinski definition) is 4. The third kappa shape index (κ3) is 3.69. The van der Waals surface area contributed by atoms with Gasteiger partial charge in [0.25, 0.3) is 0 Å². The van der Waals surface area contributed by atoms with Gasteiger partial charge in [-0.2, -0.15) is 0 Å². The molecule has 1 aliphatic rings. The number of hydrogen-bond donors (Lipinski definition) is 3. The number of phenols is 1. The first-order valence-corrected chi connectivity index (χ1v) is 10.6. The fourth-order valence-electron chi connectivity index (χ4n) is 4.27. The molecule has 0 aliphatic carbocycles. The quantitative estimate of drug-likeness (QED) is 0.447. The number of aromatic amines is 1. The second-order valence-electron chi connectivity index (χ2n) is 7.82. The number of benzene rings is 3. The van der Waals surface area contributed by atoms with Crippen LogP contribution in [0.3, 0.4) is 0 Å². The van der Waals surface area contributed by atoms with Gasteiger partial charge in [-0.3, -0.25) is 4.79 Å². The Bertz CT molecular complexity index is 1310. The molecule has 5 rings (SSSR count). The highest BCUT2D eigenvalue weighted by atomic mass is 35.5. The minimum Gasteiger partial charge on any atom is -0.506 e. The molecular formula is C24H22ClN3O3. The number of nitrogens with one attached hydrogen (secondary N) is 1. The Hall–Kier alpha value is -3.22. The maximum atomic E-state index is 11.8. The molecule has 31 heavy (non-hydrogen) atoms. The van der Waals surface area contributed by atoms with Crippen LogP contribution in [0.4, 0.5) is 5.69 Å². The molecule has 0 bridgehead atoms. The van der Waals surface area contributed by atoms with Crippen molar-refractivity contribution in [2.24, 2.45) is 5.73 Å². The monoisotopic (exact) mass is 435 g/mol. The number of nitrogens with two attached hydrogens (primary N) is 1. The zero-order valence-electron chi connectivity index (χ0n) is 16.8. The summed E-state index contributed by atoms with van der Waals surface area (Å²) in [7, 11) is 0. The standard InChI is InChI=1S/C24H22ClN3O3/c25-20-11-14(1-4-22(20)29)15-9-16(12-23(26)30)24-19(10-15)18-3-2-17(13-21(18)27-24)28-5-7-31-8-6-28/h1-4,9-11,13,27,29H,5-8,12H2,(H2,26,30). The Labute approximate surface area is 184 Å². The number of carbonyl (C=O) groups excluding carboxylic acids is 1. The molecule has 4 aromatic rings. The maximum Gasteiger partial charge on any atom is 0.221 e. The van der Waals surface area contributed by atoms with Gasteiger partial charge in [0.2, 0.25) is 5.91 Å². The van der Waals surface area contributed by atoms with Crippen molar-refractivity contribution in [3.63, 3.8) is 0 Å². The van der Waals surface area contributed by atoms with Gasteiger partial charge < -0.3 is 25.5 Å². The molecule has 1 amide bonds. The summed E-state index contributed by atoms with van der Waals surface area (Å²) in [6, 6.07) is 15.5. The Morgan fingerprint density at radius 2 is 1.87 bits per heavy atom. The number of anilines is 1. The van der Waals surface area contributed by atoms with Gasteiger partial charge in [-0.15, -0.1) is 0 Å². The van der Waals surface area contributed by atoms with Gasteiger partial charge in [-0.25, -0.2) is 0 Å². The van der Waals surface area contributed by atoms with Crippen LogP contribution in [-0.2, 0) is 16.0 Å². The molecule has 3 aromatic carbocycles. The fourth-order valence-corrected chi connectivity index (χ4v) is 4.45. The molecule has 4 N–H and O–H groups in total. The van der Waals surface area contributed by atoms with E-state index in [1.54, 1.807) is 12.1 Å². The lowest BCUT2D eigenvalue weighted by Crippen LogP contribution is -2.36. The van der Waals surface area contributed by atoms with Crippen LogP contribution in [0.5, 0.6) is 5.75 Å². The van der Waals surface area contributed by atoms with E-state index in [0.717, 1.165) is 70.5 Å². The van der Waals surface area contributed by atoms with Crippen LogP contribution in [-0.4, -0.2) is 42.3 Å². The number of aromatic nitrogens is 1. The normalized spacial score (nSPS) is 14.4. The molecule has 0 unspecified atom stereocenters. The molecule has 0 saturated carbocycles. The van der Waals surface area contributed by atoms with Crippen LogP contribution < -0.4 is 10.6 Å². The van der Waals surface area contributed by atoms with Gasteiger partial charge in [0, 0.05) is 35.1 Å². The van der Waals surface area contributed by atoms with Crippen LogP contribution in [0.2, 0.25) is 5.02 Å². The summed E-state index contributed by atoms with van der Waals surface area (Å²) in [5.74, 6) is -0.360. The van der Waals surface area contributed by atoms with Crippen molar-refractivity contribution < 1.29 is 14.6 Å². The fraction of sp³-hybridized carbons (Fsp3) is 0.208. The maximum absolute atomic E-state index is 11.8. The summed E-state index contributed by atoms with van der Waals surface area (Å²) in [6.07, 6.45) is 0.124. The highest BCUT2D eigenvalue weighted by molar-refractivity contribution is 6.32. The summed E-state index contributed by atoms with van der Waals surface area (Å²) < 4.78 is 5.46. The molecule has 1 saturated heterocycles. The molecule has 1 aliphatic heterocycles. The van der Waals surface area contributed by atoms with Gasteiger partial charge in [0.05, 0.1) is 30.2 Å². The number of primary amides is 1. The van der Waals surface area contributed by atoms with E-state index >= 15 is 0 Å². The number of rotatable bonds is 4. The molecule has 1 fully saturated rings. The van der Waals surface area contributed by atoms with Crippen LogP contribution >= 0.6 is 11.6 Å². The number of halogens is 1. The molecule has 2 heterocycles. The number of aromatic hydroxyl groups is 1. The Kier molecular flexibility index (Phi) is 4.96. The van der Waals surface area contributed by atoms with Crippen molar-refractivity contribution in [2.45, 2.75) is 6.42 Å². The van der Waals surface area contributed by atoms with E-state index in [1.807, 2.05) is 12.1 Å². The number of morpholine rings is 1. The number of carbonyl (C=O) groups is 1. The van der Waals surface area contributed by atoms with Gasteiger partial charge in [0.15, 0.2) is 0 Å². The topological polar surface area (TPSA) is 91.6 Å². The van der Waals surface area contributed by atoms with E-state index in [9.17, 15) is 9.90 Å². The summed E-state index contributed by atoms with van der Waals surface area (Å²) >= 11 is 6.13. The average molecular weight is 436 g/mol. The van der Waals surface area contributed by atoms with E-state index in [-0.39, 0.29) is 17.2 Å². The second kappa shape index (κ2) is 7.80. The lowest BCUT2D eigenvalue weighted by molar-refractivity contribution is -0.117. The Morgan fingerprint density at radius 1 is 1.06 bits per heavy atom. The molecule has 7 heteroatoms. The zero-order chi connectivity index (χ0) is 21.5. The van der Waals surface area contributed by atoms with Gasteiger partial charge in [-0.05, 0) is 53.1 Å². The first kappa shape index (κ1) is 19.7. The van der Waals surface area contributed by atoms with Gasteiger partial charge in [-0.1, -0.05) is 23.7 Å². The molecule has 0 radical (unpaired) electrons. The van der Waals surface area contributed by atoms with E-state index < -0.39 is 5.91 Å². The van der Waals surface area contributed by atoms with Crippen molar-refractivity contribution in [3.05, 3.63) is 59.1 Å². The number of ether oxygens (including phenoxy) is 1. The lowest BCUT2D eigenvalue weighted by Gasteiger charge is -2.28. The lowest BCUT2D eigenvalue weighted by atomic mass is 9.97. The molecule has 0 atom stereocenters. The summed E-state index contributed by atoms with van der Waals surface area (Å²) in [5.41, 5.74) is 11.2. The highest BCUT2D eigenvalue weighted by Gasteiger charge is 2.16. The minimum atomic E-state index is -0.394. The molecule has 1 aromatic heterocycles. The van der Waals surface area contributed by atoms with Crippen LogP contribution in [0, 0.1) is 0 Å². The molecule has 0 spiro atoms. The van der Waals surface area contributed by atoms with E-state index in [1.165, 1.54) is 0 Å². The van der Waals surface area contributed by atoms with Crippen molar-refractivity contribution in [2.75, 3.05) is 31.2 Å². The summed E-state index contributed by atoms with van der Waals surface area (Å²) in [4.78, 5) is 17.6. The molecule has 158 valence electrons. The van der Waals surface area contributed by atoms with Crippen molar-refractivity contribution in [1.29, 1.82) is 0 Å². The highest BCUT2D eigenvalue weighted by Crippen LogP contribution is 2.36. The number of H-pyrrole nitrogens is 1. The van der Waals surface area contributed by atoms with Crippen LogP contribution in [0.25, 0.3) is 32.9 Å². The predicted molar refractivity (Wildman–Crippen MR) is 124 cm³/mol. The zero-order valence-corrected chi connectivity index (χ0v) is 17.6. The first-order valence-electron chi connectivity index (χ1n) is 10.2. The van der Waals surface area contributed by atoms with Gasteiger partial charge >= 0.3 is 0 Å². The SMILES string of the molecule is NC(=O)Cc1cc(-c2ccc(O)c(Cl)c2)cc2c1[nH]c1cc(N3CCOCC3)ccc12. The Balaban J connectivity index is 1.68. The summed E-state index contributed by atoms with van der Waals surface area (Å²) in [5, 5.41) is 12.1. The third-order valence-electron chi connectivity index (χ3n) is 5.79. The second-order valence-corrected chi connectivity index (χ2v) is 8.23. The van der Waals surface area contributed by atoms with Crippen molar-refractivity contribution in [3.8, 4) is 16.9 Å². The van der Waals surface area contributed by atoms with Crippen LogP contribution in [0.1, 0.15) is 5.56 Å². The van der Waals surface area contributed by atoms with E-state index in [4.69, 9.17) is 22.1 Å². The predicted octanol–water partition coefficient (Wildman–Crippen LogP) is 4.21. The van der Waals surface area contributed by atoms with E-state index in [0.29, 0.717) is 0 Å². The minimum absolute atomic E-state index is 0.0339. The largest absolute Gasteiger partial charge is 0.506 e. The Morgan fingerprint density at radius 3 is 2.61 bits per heavy atom. The third-order valence-corrected chi connectivity index (χ3v) is 6.10. The molecule has 6 nitrogen and oxygen atoms in total. The number of phenolic OH excluding ortho intramolecular Hbond substituents is 1.